The third-order valence-corrected chi connectivity index (χ3v) is 6.45. The molecule has 0 bridgehead atoms. The molecule has 8 heteroatoms. The average Bonchev–Trinajstić information content (AvgIpc) is 3.38. The van der Waals surface area contributed by atoms with Crippen LogP contribution < -0.4 is 20.3 Å². The molecule has 2 aliphatic heterocycles. The lowest BCUT2D eigenvalue weighted by Crippen LogP contribution is -2.45. The fraction of sp³-hybridized carbons (Fsp3) is 0.545. The third kappa shape index (κ3) is 5.57. The van der Waals surface area contributed by atoms with E-state index in [2.05, 4.69) is 51.9 Å². The van der Waals surface area contributed by atoms with E-state index in [4.69, 9.17) is 9.72 Å². The molecule has 3 heterocycles. The van der Waals surface area contributed by atoms with Gasteiger partial charge in [0.05, 0.1) is 11.7 Å². The fourth-order valence-electron chi connectivity index (χ4n) is 4.06. The molecule has 2 aromatic rings. The summed E-state index contributed by atoms with van der Waals surface area (Å²) in [6.45, 7) is 7.36. The van der Waals surface area contributed by atoms with E-state index >= 15 is 0 Å². The Balaban J connectivity index is 0.00000256. The van der Waals surface area contributed by atoms with Crippen LogP contribution in [0.15, 0.2) is 34.6 Å². The van der Waals surface area contributed by atoms with E-state index in [-0.39, 0.29) is 35.6 Å². The predicted molar refractivity (Wildman–Crippen MR) is 136 cm³/mol. The van der Waals surface area contributed by atoms with E-state index in [9.17, 15) is 0 Å². The number of fused-ring (bicyclic) bond motifs is 1. The van der Waals surface area contributed by atoms with Crippen LogP contribution >= 0.6 is 35.3 Å². The molecule has 1 fully saturated rings. The Labute approximate surface area is 200 Å². The van der Waals surface area contributed by atoms with Gasteiger partial charge in [0.2, 0.25) is 0 Å². The zero-order chi connectivity index (χ0) is 20.3. The normalized spacial score (nSPS) is 20.2. The van der Waals surface area contributed by atoms with Gasteiger partial charge in [-0.1, -0.05) is 18.2 Å². The highest BCUT2D eigenvalue weighted by Crippen LogP contribution is 2.39. The van der Waals surface area contributed by atoms with Gasteiger partial charge in [-0.15, -0.1) is 35.3 Å². The maximum atomic E-state index is 6.14. The van der Waals surface area contributed by atoms with Gasteiger partial charge in [-0.25, -0.2) is 4.98 Å². The van der Waals surface area contributed by atoms with Gasteiger partial charge in [-0.3, -0.25) is 4.99 Å². The Morgan fingerprint density at radius 1 is 1.30 bits per heavy atom. The second kappa shape index (κ2) is 10.2. The van der Waals surface area contributed by atoms with Gasteiger partial charge >= 0.3 is 0 Å². The summed E-state index contributed by atoms with van der Waals surface area (Å²) in [5, 5.41) is 10.4. The summed E-state index contributed by atoms with van der Waals surface area (Å²) in [7, 11) is 1.82. The number of benzene rings is 1. The summed E-state index contributed by atoms with van der Waals surface area (Å²) in [6, 6.07) is 8.42. The zero-order valence-electron chi connectivity index (χ0n) is 18.0. The number of guanidine groups is 1. The number of aromatic nitrogens is 1. The highest BCUT2D eigenvalue weighted by Gasteiger charge is 2.33. The zero-order valence-corrected chi connectivity index (χ0v) is 21.1. The van der Waals surface area contributed by atoms with Gasteiger partial charge in [0.25, 0.3) is 0 Å². The largest absolute Gasteiger partial charge is 0.487 e. The molecule has 0 aliphatic carbocycles. The van der Waals surface area contributed by atoms with Crippen LogP contribution in [0.25, 0.3) is 0 Å². The SMILES string of the molecule is CN=C(NCCc1csc(N2CCCC2)n1)NC1CC(C)(C)Oc2ccccc21.I. The molecule has 1 aromatic heterocycles. The van der Waals surface area contributed by atoms with Crippen LogP contribution in [0.3, 0.4) is 0 Å². The van der Waals surface area contributed by atoms with Crippen LogP contribution in [-0.2, 0) is 6.42 Å². The standard InChI is InChI=1S/C22H31N5OS.HI/c1-22(2)14-18(17-8-4-5-9-19(17)28-22)26-20(23-3)24-11-10-16-15-29-21(25-16)27-12-6-7-13-27;/h4-5,8-9,15,18H,6-7,10-14H2,1-3H3,(H2,23,24,26);1H. The summed E-state index contributed by atoms with van der Waals surface area (Å²) in [4.78, 5) is 11.6. The minimum Gasteiger partial charge on any atom is -0.487 e. The fourth-order valence-corrected chi connectivity index (χ4v) is 4.98. The van der Waals surface area contributed by atoms with E-state index < -0.39 is 0 Å². The monoisotopic (exact) mass is 541 g/mol. The van der Waals surface area contributed by atoms with Crippen molar-refractivity contribution >= 4 is 46.4 Å². The molecule has 2 aliphatic rings. The Morgan fingerprint density at radius 2 is 2.07 bits per heavy atom. The van der Waals surface area contributed by atoms with E-state index in [1.807, 2.05) is 19.2 Å². The molecule has 2 N–H and O–H groups in total. The number of halogens is 1. The first-order chi connectivity index (χ1) is 14.0. The second-order valence-corrected chi connectivity index (χ2v) is 9.20. The van der Waals surface area contributed by atoms with Gasteiger partial charge in [-0.2, -0.15) is 0 Å². The summed E-state index contributed by atoms with van der Waals surface area (Å²) in [5.74, 6) is 1.77. The van der Waals surface area contributed by atoms with Crippen molar-refractivity contribution in [3.63, 3.8) is 0 Å². The van der Waals surface area contributed by atoms with Crippen molar-refractivity contribution in [2.75, 3.05) is 31.6 Å². The quantitative estimate of drug-likeness (QED) is 0.335. The van der Waals surface area contributed by atoms with Crippen molar-refractivity contribution in [1.29, 1.82) is 0 Å². The molecular weight excluding hydrogens is 509 g/mol. The maximum absolute atomic E-state index is 6.14. The highest BCUT2D eigenvalue weighted by atomic mass is 127. The maximum Gasteiger partial charge on any atom is 0.191 e. The number of nitrogens with one attached hydrogen (secondary N) is 2. The Kier molecular flexibility index (Phi) is 7.84. The van der Waals surface area contributed by atoms with Gasteiger partial charge in [0.1, 0.15) is 11.4 Å². The Bertz CT molecular complexity index is 863. The molecule has 4 rings (SSSR count). The highest BCUT2D eigenvalue weighted by molar-refractivity contribution is 14.0. The molecule has 0 spiro atoms. The van der Waals surface area contributed by atoms with Crippen molar-refractivity contribution in [3.05, 3.63) is 40.9 Å². The lowest BCUT2D eigenvalue weighted by atomic mass is 9.90. The molecule has 1 atom stereocenters. The van der Waals surface area contributed by atoms with Gasteiger partial charge in [0.15, 0.2) is 11.1 Å². The average molecular weight is 542 g/mol. The summed E-state index contributed by atoms with van der Waals surface area (Å²) >= 11 is 1.76. The summed E-state index contributed by atoms with van der Waals surface area (Å²) < 4.78 is 6.14. The molecule has 0 radical (unpaired) electrons. The minimum absolute atomic E-state index is 0. The molecule has 0 saturated carbocycles. The number of rotatable bonds is 5. The summed E-state index contributed by atoms with van der Waals surface area (Å²) in [6.07, 6.45) is 4.34. The van der Waals surface area contributed by atoms with Crippen LogP contribution in [0.5, 0.6) is 5.75 Å². The molecule has 0 amide bonds. The van der Waals surface area contributed by atoms with E-state index in [1.54, 1.807) is 11.3 Å². The van der Waals surface area contributed by atoms with Crippen molar-refractivity contribution < 1.29 is 4.74 Å². The Morgan fingerprint density at radius 3 is 2.83 bits per heavy atom. The number of nitrogens with zero attached hydrogens (tertiary/aromatic N) is 3. The first-order valence-electron chi connectivity index (χ1n) is 10.5. The van der Waals surface area contributed by atoms with Crippen LogP contribution in [0.2, 0.25) is 0 Å². The lowest BCUT2D eigenvalue weighted by Gasteiger charge is -2.38. The van der Waals surface area contributed by atoms with Crippen LogP contribution in [0.4, 0.5) is 5.13 Å². The van der Waals surface area contributed by atoms with E-state index in [0.29, 0.717) is 0 Å². The number of hydrogen-bond acceptors (Lipinski definition) is 5. The lowest BCUT2D eigenvalue weighted by molar-refractivity contribution is 0.0694. The van der Waals surface area contributed by atoms with Crippen molar-refractivity contribution in [2.45, 2.75) is 51.2 Å². The van der Waals surface area contributed by atoms with Gasteiger partial charge in [0, 0.05) is 50.5 Å². The van der Waals surface area contributed by atoms with Crippen molar-refractivity contribution in [3.8, 4) is 5.75 Å². The Hall–Kier alpha value is -1.55. The first kappa shape index (κ1) is 23.1. The second-order valence-electron chi connectivity index (χ2n) is 8.37. The van der Waals surface area contributed by atoms with E-state index in [1.165, 1.54) is 23.5 Å². The molecule has 6 nitrogen and oxygen atoms in total. The third-order valence-electron chi connectivity index (χ3n) is 5.50. The molecule has 30 heavy (non-hydrogen) atoms. The number of para-hydroxylation sites is 1. The van der Waals surface area contributed by atoms with Gasteiger partial charge in [-0.05, 0) is 32.8 Å². The number of aliphatic imine (C=N–C) groups is 1. The first-order valence-corrected chi connectivity index (χ1v) is 11.4. The topological polar surface area (TPSA) is 61.8 Å². The van der Waals surface area contributed by atoms with Gasteiger partial charge < -0.3 is 20.3 Å². The minimum atomic E-state index is -0.211. The molecular formula is C22H32IN5OS. The summed E-state index contributed by atoms with van der Waals surface area (Å²) in [5.41, 5.74) is 2.12. The van der Waals surface area contributed by atoms with E-state index in [0.717, 1.165) is 49.9 Å². The number of ether oxygens (including phenoxy) is 1. The number of thiazole rings is 1. The molecule has 164 valence electrons. The van der Waals surface area contributed by atoms with Crippen LogP contribution in [0, 0.1) is 0 Å². The van der Waals surface area contributed by atoms with Crippen molar-refractivity contribution in [1.82, 2.24) is 15.6 Å². The smallest absolute Gasteiger partial charge is 0.191 e. The molecule has 1 aromatic carbocycles. The molecule has 1 saturated heterocycles. The van der Waals surface area contributed by atoms with Crippen molar-refractivity contribution in [2.24, 2.45) is 4.99 Å². The predicted octanol–water partition coefficient (Wildman–Crippen LogP) is 4.37. The van der Waals surface area contributed by atoms with Crippen LogP contribution in [-0.4, -0.2) is 43.2 Å². The molecule has 1 unspecified atom stereocenters. The van der Waals surface area contributed by atoms with Crippen LogP contribution in [0.1, 0.15) is 50.4 Å². The number of hydrogen-bond donors (Lipinski definition) is 2. The number of anilines is 1.